The summed E-state index contributed by atoms with van der Waals surface area (Å²) in [6.45, 7) is 6.10. The fourth-order valence-corrected chi connectivity index (χ4v) is 5.44. The van der Waals surface area contributed by atoms with Crippen LogP contribution < -0.4 is 11.1 Å². The molecule has 3 rings (SSSR count). The van der Waals surface area contributed by atoms with E-state index in [9.17, 15) is 13.5 Å². The van der Waals surface area contributed by atoms with Crippen molar-refractivity contribution < 1.29 is 13.5 Å². The minimum Gasteiger partial charge on any atom is -0.390 e. The molecular weight excluding hydrogens is 470 g/mol. The zero-order valence-corrected chi connectivity index (χ0v) is 21.2. The van der Waals surface area contributed by atoms with Crippen molar-refractivity contribution in [3.05, 3.63) is 75.7 Å². The van der Waals surface area contributed by atoms with Crippen LogP contribution in [0.3, 0.4) is 0 Å². The Kier molecular flexibility index (Phi) is 8.42. The zero-order valence-electron chi connectivity index (χ0n) is 19.5. The Labute approximate surface area is 205 Å². The number of anilines is 1. The number of benzene rings is 2. The molecule has 0 saturated heterocycles. The van der Waals surface area contributed by atoms with Gasteiger partial charge in [0, 0.05) is 29.7 Å². The van der Waals surface area contributed by atoms with Gasteiger partial charge < -0.3 is 16.2 Å². The average molecular weight is 502 g/mol. The van der Waals surface area contributed by atoms with E-state index in [1.165, 1.54) is 15.6 Å². The van der Waals surface area contributed by atoms with Crippen molar-refractivity contribution >= 4 is 32.9 Å². The van der Waals surface area contributed by atoms with Crippen LogP contribution in [-0.2, 0) is 16.6 Å². The zero-order chi connectivity index (χ0) is 24.9. The first-order valence-corrected chi connectivity index (χ1v) is 13.3. The Morgan fingerprint density at radius 3 is 2.35 bits per heavy atom. The van der Waals surface area contributed by atoms with E-state index in [1.807, 2.05) is 24.4 Å². The molecule has 0 fully saturated rings. The monoisotopic (exact) mass is 501 g/mol. The van der Waals surface area contributed by atoms with Crippen LogP contribution in [0.4, 0.5) is 5.69 Å². The molecule has 0 aliphatic carbocycles. The van der Waals surface area contributed by atoms with Crippen molar-refractivity contribution in [3.8, 4) is 0 Å². The number of rotatable bonds is 11. The van der Waals surface area contributed by atoms with Crippen LogP contribution in [0, 0.1) is 12.3 Å². The summed E-state index contributed by atoms with van der Waals surface area (Å²) in [5, 5.41) is 23.9. The van der Waals surface area contributed by atoms with Gasteiger partial charge in [-0.2, -0.15) is 4.31 Å². The maximum absolute atomic E-state index is 13.5. The molecule has 1 unspecified atom stereocenters. The number of aliphatic hydroxyl groups is 1. The molecule has 1 aromatic heterocycles. The van der Waals surface area contributed by atoms with Crippen LogP contribution in [0.15, 0.2) is 58.8 Å². The van der Waals surface area contributed by atoms with Crippen molar-refractivity contribution in [2.24, 2.45) is 5.73 Å². The van der Waals surface area contributed by atoms with Gasteiger partial charge in [-0.05, 0) is 54.8 Å². The largest absolute Gasteiger partial charge is 0.390 e. The molecule has 0 spiro atoms. The topological polar surface area (TPSA) is 132 Å². The van der Waals surface area contributed by atoms with Crippen molar-refractivity contribution in [2.75, 3.05) is 18.4 Å². The third-order valence-corrected chi connectivity index (χ3v) is 7.99. The minimum absolute atomic E-state index is 0.0221. The van der Waals surface area contributed by atoms with Gasteiger partial charge in [-0.3, -0.25) is 5.41 Å². The number of nitrogens with two attached hydrogens (primary N) is 1. The second kappa shape index (κ2) is 11.1. The highest BCUT2D eigenvalue weighted by Gasteiger charge is 2.27. The molecular formula is C24H31N5O3S2. The van der Waals surface area contributed by atoms with E-state index < -0.39 is 16.1 Å². The van der Waals surface area contributed by atoms with Gasteiger partial charge in [0.15, 0.2) is 0 Å². The van der Waals surface area contributed by atoms with Crippen molar-refractivity contribution in [1.82, 2.24) is 9.29 Å². The standard InChI is InChI=1S/C24H31N5O3S2/c1-16(2)18-6-10-23(11-7-18)34(31,32)29(13-21-15-33-17(3)28-21)14-22(30)12-27-20-8-4-19(5-9-20)24(25)26/h4-11,15-16,22,27,30H,12-14H2,1-3H3,(H3,25,26). The van der Waals surface area contributed by atoms with Crippen LogP contribution in [-0.4, -0.2) is 47.8 Å². The second-order valence-corrected chi connectivity index (χ2v) is 11.4. The second-order valence-electron chi connectivity index (χ2n) is 8.40. The summed E-state index contributed by atoms with van der Waals surface area (Å²) < 4.78 is 28.2. The summed E-state index contributed by atoms with van der Waals surface area (Å²) in [6.07, 6.45) is -0.961. The van der Waals surface area contributed by atoms with Gasteiger partial charge >= 0.3 is 0 Å². The number of aromatic nitrogens is 1. The number of amidine groups is 1. The van der Waals surface area contributed by atoms with Crippen molar-refractivity contribution in [3.63, 3.8) is 0 Å². The summed E-state index contributed by atoms with van der Waals surface area (Å²) in [5.74, 6) is 0.273. The maximum Gasteiger partial charge on any atom is 0.243 e. The molecule has 34 heavy (non-hydrogen) atoms. The Morgan fingerprint density at radius 1 is 1.18 bits per heavy atom. The molecule has 0 amide bonds. The highest BCUT2D eigenvalue weighted by molar-refractivity contribution is 7.89. The molecule has 1 heterocycles. The van der Waals surface area contributed by atoms with Gasteiger partial charge in [-0.25, -0.2) is 13.4 Å². The van der Waals surface area contributed by atoms with Gasteiger partial charge in [0.2, 0.25) is 10.0 Å². The highest BCUT2D eigenvalue weighted by atomic mass is 32.2. The molecule has 10 heteroatoms. The lowest BCUT2D eigenvalue weighted by atomic mass is 10.0. The molecule has 2 aromatic carbocycles. The smallest absolute Gasteiger partial charge is 0.243 e. The normalized spacial score (nSPS) is 12.8. The highest BCUT2D eigenvalue weighted by Crippen LogP contribution is 2.23. The summed E-state index contributed by atoms with van der Waals surface area (Å²) >= 11 is 1.46. The number of thiazole rings is 1. The first kappa shape index (κ1) is 25.8. The number of sulfonamides is 1. The van der Waals surface area contributed by atoms with Gasteiger partial charge in [0.25, 0.3) is 0 Å². The lowest BCUT2D eigenvalue weighted by Crippen LogP contribution is -2.39. The molecule has 0 saturated carbocycles. The van der Waals surface area contributed by atoms with E-state index in [2.05, 4.69) is 24.1 Å². The fourth-order valence-electron chi connectivity index (χ4n) is 3.39. The first-order valence-electron chi connectivity index (χ1n) is 10.9. The number of hydrogen-bond acceptors (Lipinski definition) is 7. The minimum atomic E-state index is -3.85. The predicted octanol–water partition coefficient (Wildman–Crippen LogP) is 3.52. The van der Waals surface area contributed by atoms with E-state index in [-0.39, 0.29) is 30.4 Å². The number of nitrogens with zero attached hydrogens (tertiary/aromatic N) is 2. The SMILES string of the molecule is Cc1nc(CN(CC(O)CNc2ccc(C(=N)N)cc2)S(=O)(=O)c2ccc(C(C)C)cc2)cs1. The van der Waals surface area contributed by atoms with E-state index >= 15 is 0 Å². The Balaban J connectivity index is 1.75. The molecule has 182 valence electrons. The first-order chi connectivity index (χ1) is 16.1. The van der Waals surface area contributed by atoms with Crippen LogP contribution in [0.5, 0.6) is 0 Å². The average Bonchev–Trinajstić information content (AvgIpc) is 3.22. The van der Waals surface area contributed by atoms with Crippen molar-refractivity contribution in [2.45, 2.75) is 44.2 Å². The molecule has 0 radical (unpaired) electrons. The molecule has 0 aliphatic rings. The molecule has 0 bridgehead atoms. The van der Waals surface area contributed by atoms with E-state index in [0.29, 0.717) is 17.2 Å². The van der Waals surface area contributed by atoms with Gasteiger partial charge in [0.05, 0.1) is 28.2 Å². The molecule has 0 aliphatic heterocycles. The summed E-state index contributed by atoms with van der Waals surface area (Å²) in [7, 11) is -3.85. The van der Waals surface area contributed by atoms with E-state index in [1.54, 1.807) is 36.4 Å². The fraction of sp³-hybridized carbons (Fsp3) is 0.333. The summed E-state index contributed by atoms with van der Waals surface area (Å²) in [5.41, 5.74) is 8.51. The van der Waals surface area contributed by atoms with Gasteiger partial charge in [-0.1, -0.05) is 26.0 Å². The summed E-state index contributed by atoms with van der Waals surface area (Å²) in [6, 6.07) is 13.8. The van der Waals surface area contributed by atoms with Crippen LogP contribution in [0.2, 0.25) is 0 Å². The number of nitrogens with one attached hydrogen (secondary N) is 2. The predicted molar refractivity (Wildman–Crippen MR) is 137 cm³/mol. The molecule has 5 N–H and O–H groups in total. The number of hydrogen-bond donors (Lipinski definition) is 4. The maximum atomic E-state index is 13.5. The third-order valence-electron chi connectivity index (χ3n) is 5.34. The summed E-state index contributed by atoms with van der Waals surface area (Å²) in [4.78, 5) is 4.59. The Hall–Kier alpha value is -2.79. The number of aryl methyl sites for hydroxylation is 1. The van der Waals surface area contributed by atoms with Crippen molar-refractivity contribution in [1.29, 1.82) is 5.41 Å². The van der Waals surface area contributed by atoms with E-state index in [4.69, 9.17) is 11.1 Å². The Morgan fingerprint density at radius 2 is 1.82 bits per heavy atom. The number of aliphatic hydroxyl groups excluding tert-OH is 1. The van der Waals surface area contributed by atoms with E-state index in [0.717, 1.165) is 16.3 Å². The molecule has 1 atom stereocenters. The quantitative estimate of drug-likeness (QED) is 0.235. The van der Waals surface area contributed by atoms with Gasteiger partial charge in [0.1, 0.15) is 5.84 Å². The van der Waals surface area contributed by atoms with Crippen LogP contribution in [0.25, 0.3) is 0 Å². The third kappa shape index (κ3) is 6.63. The molecule has 3 aromatic rings. The van der Waals surface area contributed by atoms with Crippen LogP contribution >= 0.6 is 11.3 Å². The van der Waals surface area contributed by atoms with Gasteiger partial charge in [-0.15, -0.1) is 11.3 Å². The molecule has 8 nitrogen and oxygen atoms in total. The lowest BCUT2D eigenvalue weighted by molar-refractivity contribution is 0.154. The lowest BCUT2D eigenvalue weighted by Gasteiger charge is -2.25. The Bertz CT molecular complexity index is 1210. The van der Waals surface area contributed by atoms with Crippen LogP contribution in [0.1, 0.15) is 41.6 Å². The number of nitrogen functional groups attached to an aromatic ring is 1.